The molecule has 46 heavy (non-hydrogen) atoms. The van der Waals surface area contributed by atoms with Gasteiger partial charge in [0.05, 0.1) is 30.1 Å². The molecule has 2 bridgehead atoms. The van der Waals surface area contributed by atoms with E-state index >= 15 is 0 Å². The molecular weight excluding hydrogens is 602 g/mol. The predicted octanol–water partition coefficient (Wildman–Crippen LogP) is 5.49. The van der Waals surface area contributed by atoms with Gasteiger partial charge in [-0.15, -0.1) is 13.2 Å². The first kappa shape index (κ1) is 33.9. The van der Waals surface area contributed by atoms with E-state index in [1.54, 1.807) is 51.1 Å². The van der Waals surface area contributed by atoms with Crippen LogP contribution in [0.4, 0.5) is 5.69 Å². The van der Waals surface area contributed by atoms with Crippen LogP contribution in [0.1, 0.15) is 46.1 Å². The average Bonchev–Trinajstić information content (AvgIpc) is 3.56. The maximum atomic E-state index is 15.0. The van der Waals surface area contributed by atoms with Crippen molar-refractivity contribution in [3.8, 4) is 0 Å². The van der Waals surface area contributed by atoms with Gasteiger partial charge in [0, 0.05) is 30.3 Å². The highest BCUT2D eigenvalue weighted by Gasteiger charge is 2.80. The topological polar surface area (TPSA) is 90.4 Å². The van der Waals surface area contributed by atoms with E-state index in [9.17, 15) is 19.5 Å². The number of rotatable bonds is 13. The number of halogens is 1. The minimum Gasteiger partial charge on any atom is -0.394 e. The van der Waals surface area contributed by atoms with Crippen molar-refractivity contribution in [2.45, 2.75) is 70.4 Å². The summed E-state index contributed by atoms with van der Waals surface area (Å²) in [5.74, 6) is -2.81. The van der Waals surface area contributed by atoms with Crippen molar-refractivity contribution in [2.24, 2.45) is 23.7 Å². The summed E-state index contributed by atoms with van der Waals surface area (Å²) in [5.41, 5.74) is -0.679. The zero-order valence-corrected chi connectivity index (χ0v) is 28.0. The van der Waals surface area contributed by atoms with Gasteiger partial charge in [0.1, 0.15) is 11.6 Å². The minimum absolute atomic E-state index is 0.113. The lowest BCUT2D eigenvalue weighted by atomic mass is 9.62. The number of aliphatic hydroxyl groups is 1. The minimum atomic E-state index is -1.26. The van der Waals surface area contributed by atoms with Gasteiger partial charge in [-0.25, -0.2) is 0 Å². The van der Waals surface area contributed by atoms with Crippen LogP contribution < -0.4 is 4.90 Å². The molecule has 8 atom stereocenters. The lowest BCUT2D eigenvalue weighted by molar-refractivity contribution is -0.155. The van der Waals surface area contributed by atoms with Crippen LogP contribution in [0.5, 0.6) is 0 Å². The van der Waals surface area contributed by atoms with Crippen molar-refractivity contribution in [1.82, 2.24) is 9.80 Å². The Kier molecular flexibility index (Phi) is 9.83. The maximum Gasteiger partial charge on any atom is 0.253 e. The number of anilines is 1. The summed E-state index contributed by atoms with van der Waals surface area (Å²) in [6.07, 6.45) is 4.44. The zero-order chi connectivity index (χ0) is 33.4. The number of nitrogens with zero attached hydrogens (tertiary/aromatic N) is 3. The van der Waals surface area contributed by atoms with Gasteiger partial charge in [-0.1, -0.05) is 81.3 Å². The van der Waals surface area contributed by atoms with E-state index in [4.69, 9.17) is 16.3 Å². The van der Waals surface area contributed by atoms with Crippen LogP contribution in [0.25, 0.3) is 0 Å². The molecule has 0 radical (unpaired) electrons. The largest absolute Gasteiger partial charge is 0.394 e. The molecule has 0 aliphatic carbocycles. The van der Waals surface area contributed by atoms with Crippen molar-refractivity contribution in [1.29, 1.82) is 0 Å². The average molecular weight is 648 g/mol. The number of hydrogen-bond donors (Lipinski definition) is 1. The Labute approximate surface area is 277 Å². The van der Waals surface area contributed by atoms with E-state index in [1.807, 2.05) is 58.0 Å². The molecule has 2 aromatic rings. The van der Waals surface area contributed by atoms with E-state index in [0.717, 1.165) is 5.56 Å². The van der Waals surface area contributed by atoms with Crippen LogP contribution in [0.15, 0.2) is 79.9 Å². The third-order valence-corrected chi connectivity index (χ3v) is 10.9. The molecule has 3 heterocycles. The first-order valence-electron chi connectivity index (χ1n) is 16.2. The predicted molar refractivity (Wildman–Crippen MR) is 180 cm³/mol. The Hall–Kier alpha value is -3.46. The molecule has 3 aliphatic rings. The smallest absolute Gasteiger partial charge is 0.253 e. The summed E-state index contributed by atoms with van der Waals surface area (Å²) in [6.45, 7) is 16.2. The van der Waals surface area contributed by atoms with Crippen LogP contribution in [-0.4, -0.2) is 75.6 Å². The maximum absolute atomic E-state index is 15.0. The number of likely N-dealkylation sites (tertiary alicyclic amines) is 1. The van der Waals surface area contributed by atoms with Crippen LogP contribution >= 0.6 is 11.6 Å². The van der Waals surface area contributed by atoms with Gasteiger partial charge in [0.25, 0.3) is 5.91 Å². The fraction of sp³-hybridized carbons (Fsp3) is 0.486. The van der Waals surface area contributed by atoms with Gasteiger partial charge in [-0.2, -0.15) is 0 Å². The Bertz CT molecular complexity index is 1470. The molecule has 3 amide bonds. The van der Waals surface area contributed by atoms with E-state index in [2.05, 4.69) is 13.2 Å². The fourth-order valence-electron chi connectivity index (χ4n) is 8.11. The summed E-state index contributed by atoms with van der Waals surface area (Å²) < 4.78 is 7.01. The molecule has 246 valence electrons. The molecule has 9 heteroatoms. The first-order chi connectivity index (χ1) is 22.0. The molecule has 1 spiro atoms. The highest BCUT2D eigenvalue weighted by molar-refractivity contribution is 6.30. The van der Waals surface area contributed by atoms with Crippen LogP contribution in [0.2, 0.25) is 5.02 Å². The van der Waals surface area contributed by atoms with Gasteiger partial charge in [0.15, 0.2) is 0 Å². The van der Waals surface area contributed by atoms with Crippen LogP contribution in [0.3, 0.4) is 0 Å². The lowest BCUT2D eigenvalue weighted by Crippen LogP contribution is -2.60. The van der Waals surface area contributed by atoms with Crippen molar-refractivity contribution >= 4 is 35.0 Å². The molecule has 0 aromatic heterocycles. The number of fused-ring (bicyclic) bond motifs is 1. The van der Waals surface area contributed by atoms with Gasteiger partial charge in [-0.3, -0.25) is 14.4 Å². The van der Waals surface area contributed by atoms with E-state index in [0.29, 0.717) is 36.6 Å². The summed E-state index contributed by atoms with van der Waals surface area (Å²) in [5, 5.41) is 11.3. The van der Waals surface area contributed by atoms with E-state index < -0.39 is 35.1 Å². The molecule has 8 nitrogen and oxygen atoms in total. The number of benzene rings is 2. The third kappa shape index (κ3) is 5.48. The highest BCUT2D eigenvalue weighted by atomic mass is 35.5. The molecule has 5 rings (SSSR count). The van der Waals surface area contributed by atoms with Crippen molar-refractivity contribution < 1.29 is 24.2 Å². The molecule has 2 aromatic carbocycles. The number of carbonyl (C=O) groups is 3. The van der Waals surface area contributed by atoms with Gasteiger partial charge in [0.2, 0.25) is 11.8 Å². The highest BCUT2D eigenvalue weighted by Crippen LogP contribution is 2.66. The zero-order valence-electron chi connectivity index (χ0n) is 27.3. The lowest BCUT2D eigenvalue weighted by Gasteiger charge is -2.41. The first-order valence-corrected chi connectivity index (χ1v) is 16.6. The Morgan fingerprint density at radius 2 is 1.76 bits per heavy atom. The summed E-state index contributed by atoms with van der Waals surface area (Å²) in [7, 11) is 0. The normalized spacial score (nSPS) is 29.3. The summed E-state index contributed by atoms with van der Waals surface area (Å²) in [6, 6.07) is 15.0. The van der Waals surface area contributed by atoms with E-state index in [1.165, 1.54) is 0 Å². The van der Waals surface area contributed by atoms with Crippen LogP contribution in [0, 0.1) is 23.7 Å². The second-order valence-electron chi connectivity index (χ2n) is 13.3. The fourth-order valence-corrected chi connectivity index (χ4v) is 8.24. The van der Waals surface area contributed by atoms with Crippen LogP contribution in [-0.2, 0) is 25.7 Å². The van der Waals surface area contributed by atoms with Gasteiger partial charge < -0.3 is 24.5 Å². The standard InChI is InChI=1S/C37H46ClN3O5/c1-7-19-39(22-26-13-11-10-12-14-26)33(43)30-31-34(44)41(29(23-42)24(4)9-3)32(37(31)21-25(5)36(30,6)46-37)35(45)40(20-8-2)28-17-15-27(38)16-18-28/h7-8,10-18,24-25,29-32,42H,1-2,9,19-23H2,3-6H3/t24-,25?,29-,30+,31-,32?,36-,37?/m0/s1. The van der Waals surface area contributed by atoms with Gasteiger partial charge in [-0.05, 0) is 55.0 Å². The van der Waals surface area contributed by atoms with Crippen molar-refractivity contribution in [3.05, 3.63) is 90.5 Å². The quantitative estimate of drug-likeness (QED) is 0.291. The molecule has 3 saturated heterocycles. The number of amides is 3. The second-order valence-corrected chi connectivity index (χ2v) is 13.7. The van der Waals surface area contributed by atoms with Crippen molar-refractivity contribution in [2.75, 3.05) is 24.6 Å². The Morgan fingerprint density at radius 3 is 2.35 bits per heavy atom. The third-order valence-electron chi connectivity index (χ3n) is 10.7. The van der Waals surface area contributed by atoms with Gasteiger partial charge >= 0.3 is 0 Å². The molecule has 1 N–H and O–H groups in total. The number of ether oxygens (including phenoxy) is 1. The Balaban J connectivity index is 1.64. The molecule has 3 unspecified atom stereocenters. The number of hydrogen-bond acceptors (Lipinski definition) is 5. The molecule has 3 fully saturated rings. The second kappa shape index (κ2) is 13.3. The van der Waals surface area contributed by atoms with Crippen molar-refractivity contribution in [3.63, 3.8) is 0 Å². The summed E-state index contributed by atoms with van der Waals surface area (Å²) >= 11 is 6.19. The Morgan fingerprint density at radius 1 is 1.11 bits per heavy atom. The summed E-state index contributed by atoms with van der Waals surface area (Å²) in [4.78, 5) is 49.5. The SMILES string of the molecule is C=CCN(Cc1ccccc1)C(=O)[C@H]1[C@H]2C(=O)N([C@@H](CO)[C@@H](C)CC)C(C(=O)N(CC=C)c3ccc(Cl)cc3)C23CC(C)[C@]1(C)O3. The monoisotopic (exact) mass is 647 g/mol. The van der Waals surface area contributed by atoms with E-state index in [-0.39, 0.29) is 42.7 Å². The molecule has 0 saturated carbocycles. The molecule has 3 aliphatic heterocycles. The number of carbonyl (C=O) groups excluding carboxylic acids is 3. The molecular formula is C37H46ClN3O5. The number of aliphatic hydroxyl groups excluding tert-OH is 1.